The molecule has 0 bridgehead atoms. The topological polar surface area (TPSA) is 105 Å². The number of carbonyl (C=O) groups is 2. The number of anilines is 2. The number of carbonyl (C=O) groups excluding carboxylic acids is 2. The summed E-state index contributed by atoms with van der Waals surface area (Å²) in [5, 5.41) is 6.61. The molecule has 0 aliphatic carbocycles. The first kappa shape index (κ1) is 24.2. The van der Waals surface area contributed by atoms with Crippen LogP contribution in [0.25, 0.3) is 23.3 Å². The van der Waals surface area contributed by atoms with E-state index < -0.39 is 16.2 Å². The third-order valence-corrected chi connectivity index (χ3v) is 6.50. The van der Waals surface area contributed by atoms with Crippen LogP contribution in [0, 0.1) is 0 Å². The number of amides is 1. The molecule has 2 heterocycles. The van der Waals surface area contributed by atoms with Crippen LogP contribution < -0.4 is 19.7 Å². The minimum Gasteiger partial charge on any atom is -0.495 e. The van der Waals surface area contributed by atoms with Crippen LogP contribution in [-0.2, 0) is 19.6 Å². The summed E-state index contributed by atoms with van der Waals surface area (Å²) in [7, 11) is -1.75. The van der Waals surface area contributed by atoms with Gasteiger partial charge in [0.1, 0.15) is 5.75 Å². The quantitative estimate of drug-likeness (QED) is 0.352. The summed E-state index contributed by atoms with van der Waals surface area (Å²) < 4.78 is 31.1. The lowest BCUT2D eigenvalue weighted by Gasteiger charge is -2.31. The minimum absolute atomic E-state index is 0.334. The molecule has 3 aromatic rings. The Morgan fingerprint density at radius 1 is 1.14 bits per heavy atom. The molecule has 1 unspecified atom stereocenters. The third kappa shape index (κ3) is 5.79. The van der Waals surface area contributed by atoms with Crippen molar-refractivity contribution in [3.63, 3.8) is 0 Å². The molecule has 180 valence electrons. The number of hydrogen-bond acceptors (Lipinski definition) is 7. The predicted octanol–water partition coefficient (Wildman–Crippen LogP) is 3.94. The molecule has 2 N–H and O–H groups in total. The van der Waals surface area contributed by atoms with Gasteiger partial charge in [0.05, 0.1) is 13.4 Å². The van der Waals surface area contributed by atoms with E-state index in [1.807, 2.05) is 41.1 Å². The first-order chi connectivity index (χ1) is 16.8. The summed E-state index contributed by atoms with van der Waals surface area (Å²) in [6, 6.07) is 12.7. The van der Waals surface area contributed by atoms with Crippen molar-refractivity contribution in [2.24, 2.45) is 0 Å². The van der Waals surface area contributed by atoms with Gasteiger partial charge in [0, 0.05) is 34.8 Å². The van der Waals surface area contributed by atoms with Crippen molar-refractivity contribution in [3.8, 4) is 16.9 Å². The van der Waals surface area contributed by atoms with E-state index in [1.165, 1.54) is 6.08 Å². The zero-order valence-electron chi connectivity index (χ0n) is 19.0. The van der Waals surface area contributed by atoms with E-state index in [4.69, 9.17) is 4.74 Å². The second kappa shape index (κ2) is 10.2. The molecule has 10 heteroatoms. The second-order valence-corrected chi connectivity index (χ2v) is 10.3. The predicted molar refractivity (Wildman–Crippen MR) is 140 cm³/mol. The van der Waals surface area contributed by atoms with Crippen molar-refractivity contribution in [1.29, 1.82) is 0 Å². The van der Waals surface area contributed by atoms with Crippen LogP contribution in [0.5, 0.6) is 5.75 Å². The zero-order valence-corrected chi connectivity index (χ0v) is 20.6. The van der Waals surface area contributed by atoms with Gasteiger partial charge in [0.2, 0.25) is 15.9 Å². The summed E-state index contributed by atoms with van der Waals surface area (Å²) >= 11 is 1.56. The number of nitrogens with zero attached hydrogens (tertiary/aromatic N) is 1. The van der Waals surface area contributed by atoms with Crippen molar-refractivity contribution in [2.45, 2.75) is 6.17 Å². The Kier molecular flexibility index (Phi) is 7.04. The van der Waals surface area contributed by atoms with Crippen molar-refractivity contribution < 1.29 is 22.7 Å². The number of rotatable bonds is 8. The summed E-state index contributed by atoms with van der Waals surface area (Å²) in [6.45, 7) is 0. The van der Waals surface area contributed by atoms with E-state index in [-0.39, 0.29) is 5.91 Å². The molecule has 1 aliphatic rings. The minimum atomic E-state index is -3.35. The van der Waals surface area contributed by atoms with Gasteiger partial charge in [0.15, 0.2) is 12.5 Å². The van der Waals surface area contributed by atoms with Gasteiger partial charge in [-0.15, -0.1) is 0 Å². The molecular weight excluding hydrogens is 486 g/mol. The maximum Gasteiger partial charge on any atom is 0.247 e. The van der Waals surface area contributed by atoms with Gasteiger partial charge in [0.25, 0.3) is 0 Å². The Morgan fingerprint density at radius 2 is 1.91 bits per heavy atom. The van der Waals surface area contributed by atoms with Gasteiger partial charge in [-0.25, -0.2) is 8.42 Å². The number of aldehydes is 1. The fourth-order valence-corrected chi connectivity index (χ4v) is 4.90. The molecule has 35 heavy (non-hydrogen) atoms. The largest absolute Gasteiger partial charge is 0.495 e. The summed E-state index contributed by atoms with van der Waals surface area (Å²) in [5.74, 6) is 0.324. The molecule has 1 aliphatic heterocycles. The zero-order chi connectivity index (χ0) is 25.0. The maximum absolute atomic E-state index is 11.7. The lowest BCUT2D eigenvalue weighted by atomic mass is 10.0. The molecule has 1 amide bonds. The first-order valence-electron chi connectivity index (χ1n) is 10.5. The summed E-state index contributed by atoms with van der Waals surface area (Å²) in [4.78, 5) is 25.1. The SMILES string of the molecule is COc1c(/C=C/c2ccc(NS(C)(=O)=O)cc2)cc(N2C=CC(=O)NC2C=O)cc1-c1ccsc1. The second-order valence-electron chi connectivity index (χ2n) is 7.77. The highest BCUT2D eigenvalue weighted by atomic mass is 32.2. The highest BCUT2D eigenvalue weighted by molar-refractivity contribution is 7.92. The average Bonchev–Trinajstić information content (AvgIpc) is 3.37. The molecule has 1 atom stereocenters. The van der Waals surface area contributed by atoms with E-state index in [1.54, 1.807) is 53.8 Å². The van der Waals surface area contributed by atoms with Crippen LogP contribution in [0.1, 0.15) is 11.1 Å². The number of benzene rings is 2. The molecule has 0 fully saturated rings. The molecule has 0 radical (unpaired) electrons. The van der Waals surface area contributed by atoms with Crippen LogP contribution in [0.3, 0.4) is 0 Å². The number of nitrogens with one attached hydrogen (secondary N) is 2. The Balaban J connectivity index is 1.76. The van der Waals surface area contributed by atoms with E-state index in [0.717, 1.165) is 28.5 Å². The Labute approximate surface area is 207 Å². The first-order valence-corrected chi connectivity index (χ1v) is 13.3. The smallest absolute Gasteiger partial charge is 0.247 e. The fraction of sp³-hybridized carbons (Fsp3) is 0.120. The normalized spacial score (nSPS) is 15.8. The van der Waals surface area contributed by atoms with Gasteiger partial charge in [-0.2, -0.15) is 11.3 Å². The molecule has 1 aromatic heterocycles. The van der Waals surface area contributed by atoms with E-state index in [2.05, 4.69) is 10.0 Å². The number of thiophene rings is 1. The van der Waals surface area contributed by atoms with Crippen LogP contribution in [-0.4, -0.2) is 40.1 Å². The lowest BCUT2D eigenvalue weighted by molar-refractivity contribution is -0.120. The lowest BCUT2D eigenvalue weighted by Crippen LogP contribution is -2.49. The molecule has 4 rings (SSSR count). The Hall–Kier alpha value is -3.89. The average molecular weight is 510 g/mol. The van der Waals surface area contributed by atoms with Crippen molar-refractivity contribution in [1.82, 2.24) is 5.32 Å². The van der Waals surface area contributed by atoms with Crippen molar-refractivity contribution in [3.05, 3.63) is 76.6 Å². The maximum atomic E-state index is 11.7. The van der Waals surface area contributed by atoms with Crippen molar-refractivity contribution in [2.75, 3.05) is 23.0 Å². The summed E-state index contributed by atoms with van der Waals surface area (Å²) in [5.41, 5.74) is 4.60. The number of ether oxygens (including phenoxy) is 1. The van der Waals surface area contributed by atoms with Gasteiger partial charge >= 0.3 is 0 Å². The van der Waals surface area contributed by atoms with Crippen LogP contribution >= 0.6 is 11.3 Å². The standard InChI is InChI=1S/C25H23N3O5S2/c1-33-25-18(6-3-17-4-7-20(8-5-17)27-35(2,31)32)13-21(14-22(25)19-10-12-34-16-19)28-11-9-24(30)26-23(28)15-29/h3-16,23,27H,1-2H3,(H,26,30)/b6-3+. The van der Waals surface area contributed by atoms with Gasteiger partial charge in [-0.3, -0.25) is 14.3 Å². The van der Waals surface area contributed by atoms with Crippen LogP contribution in [0.15, 0.2) is 65.5 Å². The Morgan fingerprint density at radius 3 is 2.54 bits per heavy atom. The molecular formula is C25H23N3O5S2. The molecule has 2 aromatic carbocycles. The summed E-state index contributed by atoms with van der Waals surface area (Å²) in [6.07, 6.45) is 7.67. The van der Waals surface area contributed by atoms with Gasteiger partial charge < -0.3 is 15.0 Å². The number of methoxy groups -OCH3 is 1. The molecule has 0 saturated heterocycles. The monoisotopic (exact) mass is 509 g/mol. The fourth-order valence-electron chi connectivity index (χ4n) is 3.68. The molecule has 0 spiro atoms. The number of hydrogen-bond donors (Lipinski definition) is 2. The van der Waals surface area contributed by atoms with Crippen molar-refractivity contribution >= 4 is 57.1 Å². The highest BCUT2D eigenvalue weighted by Crippen LogP contribution is 2.39. The van der Waals surface area contributed by atoms with Gasteiger partial charge in [-0.05, 0) is 52.2 Å². The van der Waals surface area contributed by atoms with Crippen LogP contribution in [0.4, 0.5) is 11.4 Å². The molecule has 8 nitrogen and oxygen atoms in total. The molecule has 0 saturated carbocycles. The van der Waals surface area contributed by atoms with E-state index in [0.29, 0.717) is 23.4 Å². The third-order valence-electron chi connectivity index (χ3n) is 5.21. The van der Waals surface area contributed by atoms with Gasteiger partial charge in [-0.1, -0.05) is 24.3 Å². The Bertz CT molecular complexity index is 1400. The highest BCUT2D eigenvalue weighted by Gasteiger charge is 2.24. The van der Waals surface area contributed by atoms with E-state index in [9.17, 15) is 18.0 Å². The number of sulfonamides is 1. The van der Waals surface area contributed by atoms with E-state index >= 15 is 0 Å². The van der Waals surface area contributed by atoms with Crippen LogP contribution in [0.2, 0.25) is 0 Å².